The SMILES string of the molecule is CCCC1=CC(CCC)[C]([Zr+2](=[C](c2ccccc2)c2ccccc2)[CH]2c3ccccc3-c3ccccc32)=C1CCC.[Cl-].[Cl-]. The molecular weight excluding hydrogens is 643 g/mol. The van der Waals surface area contributed by atoms with E-state index in [1.54, 1.807) is 25.5 Å². The summed E-state index contributed by atoms with van der Waals surface area (Å²) in [6.07, 6.45) is 10.0. The molecule has 2 aliphatic rings. The Labute approximate surface area is 279 Å². The van der Waals surface area contributed by atoms with E-state index >= 15 is 0 Å². The molecule has 2 aliphatic carbocycles. The van der Waals surface area contributed by atoms with Gasteiger partial charge in [0.15, 0.2) is 0 Å². The third kappa shape index (κ3) is 6.56. The Bertz CT molecular complexity index is 1530. The molecule has 0 nitrogen and oxygen atoms in total. The van der Waals surface area contributed by atoms with Crippen molar-refractivity contribution >= 4 is 3.21 Å². The first-order chi connectivity index (χ1) is 20.3. The second-order valence-corrected chi connectivity index (χ2v) is 17.6. The Hall–Kier alpha value is -2.31. The van der Waals surface area contributed by atoms with Gasteiger partial charge in [0.1, 0.15) is 0 Å². The van der Waals surface area contributed by atoms with Crippen LogP contribution in [0.5, 0.6) is 0 Å². The standard InChI is InChI=1S/C14H23.C13H9.C13H10.2ClH.Zr/c1-4-7-12-10-13(8-5-2)14(11-12)9-6-3;1-3-7-12-10(5-1)9-11-6-2-4-8-13(11)12;1-3-7-12(8-4-1)11-13-9-5-2-6-10-13;;;/h10,12H,4-9H2,1-3H3;1-9H;1-10H;2*1H;/q;;;;;+2/p-2. The summed E-state index contributed by atoms with van der Waals surface area (Å²) in [7, 11) is 0. The zero-order chi connectivity index (χ0) is 28.2. The number of rotatable bonds is 10. The van der Waals surface area contributed by atoms with Crippen molar-refractivity contribution in [1.82, 2.24) is 0 Å². The molecule has 1 unspecified atom stereocenters. The van der Waals surface area contributed by atoms with Crippen molar-refractivity contribution in [1.29, 1.82) is 0 Å². The van der Waals surface area contributed by atoms with Gasteiger partial charge in [-0.3, -0.25) is 0 Å². The monoisotopic (exact) mass is 682 g/mol. The van der Waals surface area contributed by atoms with E-state index in [-0.39, 0.29) is 24.8 Å². The van der Waals surface area contributed by atoms with Crippen molar-refractivity contribution in [3.8, 4) is 11.1 Å². The quantitative estimate of drug-likeness (QED) is 0.224. The van der Waals surface area contributed by atoms with Gasteiger partial charge < -0.3 is 24.8 Å². The van der Waals surface area contributed by atoms with Crippen LogP contribution in [0.2, 0.25) is 0 Å². The van der Waals surface area contributed by atoms with Gasteiger partial charge in [-0.25, -0.2) is 0 Å². The van der Waals surface area contributed by atoms with E-state index in [4.69, 9.17) is 0 Å². The molecule has 0 saturated carbocycles. The fourth-order valence-corrected chi connectivity index (χ4v) is 17.7. The van der Waals surface area contributed by atoms with Gasteiger partial charge in [0.25, 0.3) is 0 Å². The Morgan fingerprint density at radius 2 is 1.07 bits per heavy atom. The smallest absolute Gasteiger partial charge is 1.00 e. The average molecular weight is 685 g/mol. The maximum absolute atomic E-state index is 2.76. The van der Waals surface area contributed by atoms with Crippen molar-refractivity contribution in [3.63, 3.8) is 0 Å². The van der Waals surface area contributed by atoms with Gasteiger partial charge in [-0.1, -0.05) is 0 Å². The van der Waals surface area contributed by atoms with Crippen LogP contribution in [0.3, 0.4) is 0 Å². The van der Waals surface area contributed by atoms with Gasteiger partial charge in [-0.05, 0) is 0 Å². The number of halogens is 2. The normalized spacial score (nSPS) is 15.0. The molecule has 220 valence electrons. The van der Waals surface area contributed by atoms with Crippen LogP contribution < -0.4 is 24.8 Å². The van der Waals surface area contributed by atoms with Crippen LogP contribution >= 0.6 is 0 Å². The van der Waals surface area contributed by atoms with Crippen molar-refractivity contribution in [3.05, 3.63) is 152 Å². The summed E-state index contributed by atoms with van der Waals surface area (Å²) in [4.78, 5) is 0. The molecule has 0 fully saturated rings. The molecule has 4 aromatic carbocycles. The first kappa shape index (κ1) is 33.6. The van der Waals surface area contributed by atoms with Crippen molar-refractivity contribution < 1.29 is 46.1 Å². The summed E-state index contributed by atoms with van der Waals surface area (Å²) >= 11 is -2.76. The zero-order valence-corrected chi connectivity index (χ0v) is 29.6. The fraction of sp³-hybridized carbons (Fsp3) is 0.275. The molecule has 0 aromatic heterocycles. The van der Waals surface area contributed by atoms with E-state index in [2.05, 4.69) is 136 Å². The van der Waals surface area contributed by atoms with Crippen LogP contribution in [0, 0.1) is 5.92 Å². The second kappa shape index (κ2) is 15.6. The molecular formula is C40H42Cl2Zr. The summed E-state index contributed by atoms with van der Waals surface area (Å²) in [5.41, 5.74) is 12.3. The zero-order valence-electron chi connectivity index (χ0n) is 25.6. The number of fused-ring (bicyclic) bond motifs is 3. The first-order valence-electron chi connectivity index (χ1n) is 15.7. The first-order valence-corrected chi connectivity index (χ1v) is 19.6. The number of benzene rings is 4. The third-order valence-electron chi connectivity index (χ3n) is 8.91. The van der Waals surface area contributed by atoms with Crippen LogP contribution in [0.4, 0.5) is 0 Å². The molecule has 1 atom stereocenters. The Morgan fingerprint density at radius 1 is 0.581 bits per heavy atom. The maximum atomic E-state index is 2.73. The Morgan fingerprint density at radius 3 is 1.56 bits per heavy atom. The summed E-state index contributed by atoms with van der Waals surface area (Å²) < 4.78 is 4.02. The molecule has 43 heavy (non-hydrogen) atoms. The molecule has 6 rings (SSSR count). The van der Waals surface area contributed by atoms with E-state index in [0.29, 0.717) is 9.54 Å². The third-order valence-corrected chi connectivity index (χ3v) is 17.7. The molecule has 3 heteroatoms. The Balaban J connectivity index is 0.00000212. The number of hydrogen-bond acceptors (Lipinski definition) is 0. The van der Waals surface area contributed by atoms with Crippen LogP contribution in [0.1, 0.15) is 85.2 Å². The van der Waals surface area contributed by atoms with E-state index in [1.807, 2.05) is 3.28 Å². The Kier molecular flexibility index (Phi) is 12.2. The van der Waals surface area contributed by atoms with Crippen molar-refractivity contribution in [2.45, 2.75) is 62.9 Å². The van der Waals surface area contributed by atoms with Gasteiger partial charge >= 0.3 is 256 Å². The van der Waals surface area contributed by atoms with Crippen LogP contribution in [0.25, 0.3) is 11.1 Å². The number of allylic oxidation sites excluding steroid dienone is 4. The topological polar surface area (TPSA) is 0 Å². The minimum Gasteiger partial charge on any atom is -1.00 e. The molecule has 0 N–H and O–H groups in total. The molecule has 0 spiro atoms. The minimum absolute atomic E-state index is 0. The molecule has 0 aliphatic heterocycles. The van der Waals surface area contributed by atoms with Gasteiger partial charge in [-0.2, -0.15) is 0 Å². The average Bonchev–Trinajstić information content (AvgIpc) is 3.52. The molecule has 0 saturated heterocycles. The molecule has 0 amide bonds. The molecule has 0 heterocycles. The van der Waals surface area contributed by atoms with Crippen molar-refractivity contribution in [2.75, 3.05) is 0 Å². The van der Waals surface area contributed by atoms with Crippen LogP contribution in [-0.2, 0) is 21.3 Å². The van der Waals surface area contributed by atoms with Gasteiger partial charge in [0.05, 0.1) is 0 Å². The summed E-state index contributed by atoms with van der Waals surface area (Å²) in [6.45, 7) is 7.11. The van der Waals surface area contributed by atoms with Crippen LogP contribution in [-0.4, -0.2) is 3.21 Å². The van der Waals surface area contributed by atoms with Crippen molar-refractivity contribution in [2.24, 2.45) is 5.92 Å². The second-order valence-electron chi connectivity index (χ2n) is 11.6. The maximum Gasteiger partial charge on any atom is -1.00 e. The predicted octanol–water partition coefficient (Wildman–Crippen LogP) is 4.86. The summed E-state index contributed by atoms with van der Waals surface area (Å²) in [5, 5.41) is 0. The van der Waals surface area contributed by atoms with E-state index in [9.17, 15) is 0 Å². The molecule has 0 radical (unpaired) electrons. The molecule has 0 bridgehead atoms. The van der Waals surface area contributed by atoms with Gasteiger partial charge in [-0.15, -0.1) is 0 Å². The van der Waals surface area contributed by atoms with E-state index in [1.165, 1.54) is 60.8 Å². The van der Waals surface area contributed by atoms with E-state index in [0.717, 1.165) is 0 Å². The minimum atomic E-state index is -2.76. The summed E-state index contributed by atoms with van der Waals surface area (Å²) in [5.74, 6) is 0.569. The van der Waals surface area contributed by atoms with Crippen LogP contribution in [0.15, 0.2) is 130 Å². The fourth-order valence-electron chi connectivity index (χ4n) is 7.36. The number of hydrogen-bond donors (Lipinski definition) is 0. The summed E-state index contributed by atoms with van der Waals surface area (Å²) in [6, 6.07) is 41.6. The van der Waals surface area contributed by atoms with Gasteiger partial charge in [0.2, 0.25) is 0 Å². The van der Waals surface area contributed by atoms with E-state index < -0.39 is 21.3 Å². The van der Waals surface area contributed by atoms with Gasteiger partial charge in [0, 0.05) is 0 Å². The molecule has 4 aromatic rings. The predicted molar refractivity (Wildman–Crippen MR) is 173 cm³/mol. The largest absolute Gasteiger partial charge is 1.00 e.